The van der Waals surface area contributed by atoms with E-state index in [-0.39, 0.29) is 30.7 Å². The van der Waals surface area contributed by atoms with E-state index < -0.39 is 0 Å². The van der Waals surface area contributed by atoms with E-state index in [2.05, 4.69) is 46.0 Å². The summed E-state index contributed by atoms with van der Waals surface area (Å²) in [7, 11) is 2.16. The summed E-state index contributed by atoms with van der Waals surface area (Å²) in [6.45, 7) is 6.27. The zero-order valence-corrected chi connectivity index (χ0v) is 23.8. The van der Waals surface area contributed by atoms with E-state index in [1.54, 1.807) is 18.2 Å². The number of nitrogens with zero attached hydrogens (tertiary/aromatic N) is 3. The van der Waals surface area contributed by atoms with Crippen LogP contribution < -0.4 is 10.2 Å². The second-order valence-corrected chi connectivity index (χ2v) is 10.00. The minimum absolute atomic E-state index is 0. The molecule has 3 aromatic carbocycles. The van der Waals surface area contributed by atoms with Gasteiger partial charge >= 0.3 is 0 Å². The standard InChI is InChI=1S/C27H27Cl2N5O.2ClH/c1-16-14-34(15-17(2)33(16)3)19-9-10-20(23(29)13-19)27(35)30-18-8-11-22(28)21(12-18)26-31-24-6-4-5-7-25(24)32-26;;/h4-13,16-17H,14-15H2,1-3H3,(H,30,35)(H,31,32);2*1H/t16-,17+;;. The fourth-order valence-electron chi connectivity index (χ4n) is 4.56. The number of hydrogen-bond acceptors (Lipinski definition) is 4. The molecular weight excluding hydrogens is 552 g/mol. The van der Waals surface area contributed by atoms with Crippen molar-refractivity contribution in [2.45, 2.75) is 25.9 Å². The Morgan fingerprint density at radius 3 is 2.35 bits per heavy atom. The number of carbonyl (C=O) groups is 1. The first-order valence-corrected chi connectivity index (χ1v) is 12.4. The summed E-state index contributed by atoms with van der Waals surface area (Å²) in [6.07, 6.45) is 0. The monoisotopic (exact) mass is 579 g/mol. The number of halogens is 4. The number of nitrogens with one attached hydrogen (secondary N) is 2. The number of likely N-dealkylation sites (N-methyl/N-ethyl adjacent to an activating group) is 1. The molecule has 2 atom stereocenters. The number of benzene rings is 3. The second-order valence-electron chi connectivity index (χ2n) is 9.18. The number of anilines is 2. The quantitative estimate of drug-likeness (QED) is 0.269. The van der Waals surface area contributed by atoms with Gasteiger partial charge in [-0.15, -0.1) is 24.8 Å². The van der Waals surface area contributed by atoms with Gasteiger partial charge in [0.05, 0.1) is 26.6 Å². The highest BCUT2D eigenvalue weighted by Gasteiger charge is 2.27. The Morgan fingerprint density at radius 2 is 1.68 bits per heavy atom. The molecule has 37 heavy (non-hydrogen) atoms. The van der Waals surface area contributed by atoms with E-state index in [0.717, 1.165) is 29.8 Å². The van der Waals surface area contributed by atoms with Crippen LogP contribution in [-0.2, 0) is 0 Å². The molecule has 0 bridgehead atoms. The molecule has 1 saturated heterocycles. The van der Waals surface area contributed by atoms with Crippen LogP contribution >= 0.6 is 48.0 Å². The molecule has 1 amide bonds. The molecular formula is C27H29Cl4N5O. The Bertz CT molecular complexity index is 1360. The zero-order chi connectivity index (χ0) is 24.7. The van der Waals surface area contributed by atoms with Crippen molar-refractivity contribution in [2.75, 3.05) is 30.4 Å². The van der Waals surface area contributed by atoms with E-state index >= 15 is 0 Å². The average Bonchev–Trinajstić information content (AvgIpc) is 3.27. The van der Waals surface area contributed by atoms with Crippen LogP contribution in [0.4, 0.5) is 11.4 Å². The minimum Gasteiger partial charge on any atom is -0.368 e. The highest BCUT2D eigenvalue weighted by atomic mass is 35.5. The molecule has 0 saturated carbocycles. The van der Waals surface area contributed by atoms with Crippen LogP contribution in [0.15, 0.2) is 60.7 Å². The molecule has 4 aromatic rings. The third kappa shape index (κ3) is 6.00. The van der Waals surface area contributed by atoms with Crippen molar-refractivity contribution in [3.8, 4) is 11.4 Å². The van der Waals surface area contributed by atoms with Gasteiger partial charge in [-0.1, -0.05) is 35.3 Å². The van der Waals surface area contributed by atoms with Crippen LogP contribution in [0.5, 0.6) is 0 Å². The molecule has 5 rings (SSSR count). The molecule has 0 radical (unpaired) electrons. The molecule has 0 aliphatic carbocycles. The topological polar surface area (TPSA) is 64.3 Å². The molecule has 196 valence electrons. The first kappa shape index (κ1) is 29.1. The molecule has 2 heterocycles. The Kier molecular flexibility index (Phi) is 9.37. The highest BCUT2D eigenvalue weighted by molar-refractivity contribution is 6.35. The zero-order valence-electron chi connectivity index (χ0n) is 20.7. The minimum atomic E-state index is -0.278. The number of aromatic nitrogens is 2. The van der Waals surface area contributed by atoms with E-state index in [9.17, 15) is 4.79 Å². The maximum absolute atomic E-state index is 13.1. The first-order chi connectivity index (χ1) is 16.8. The molecule has 1 aromatic heterocycles. The maximum Gasteiger partial charge on any atom is 0.257 e. The summed E-state index contributed by atoms with van der Waals surface area (Å²) in [5, 5.41) is 3.91. The van der Waals surface area contributed by atoms with Crippen molar-refractivity contribution in [1.29, 1.82) is 0 Å². The predicted molar refractivity (Wildman–Crippen MR) is 159 cm³/mol. The molecule has 1 fully saturated rings. The molecule has 10 heteroatoms. The molecule has 0 spiro atoms. The SMILES string of the molecule is C[C@@H]1CN(c2ccc(C(=O)Nc3ccc(Cl)c(-c4nc5ccccc5[nH]4)c3)c(Cl)c2)C[C@H](C)N1C.Cl.Cl. The van der Waals surface area contributed by atoms with Crippen LogP contribution in [0.2, 0.25) is 10.0 Å². The van der Waals surface area contributed by atoms with Gasteiger partial charge in [0, 0.05) is 42.1 Å². The maximum atomic E-state index is 13.1. The van der Waals surface area contributed by atoms with Crippen LogP contribution in [-0.4, -0.2) is 53.0 Å². The summed E-state index contributed by atoms with van der Waals surface area (Å²) in [6, 6.07) is 19.6. The molecule has 1 aliphatic heterocycles. The lowest BCUT2D eigenvalue weighted by Crippen LogP contribution is -2.55. The number of aromatic amines is 1. The van der Waals surface area contributed by atoms with E-state index in [1.807, 2.05) is 42.5 Å². The average molecular weight is 581 g/mol. The van der Waals surface area contributed by atoms with E-state index in [4.69, 9.17) is 23.2 Å². The van der Waals surface area contributed by atoms with Crippen LogP contribution in [0, 0.1) is 0 Å². The van der Waals surface area contributed by atoms with Crippen LogP contribution in [0.1, 0.15) is 24.2 Å². The summed E-state index contributed by atoms with van der Waals surface area (Å²) < 4.78 is 0. The van der Waals surface area contributed by atoms with Gasteiger partial charge in [0.15, 0.2) is 0 Å². The third-order valence-electron chi connectivity index (χ3n) is 6.79. The first-order valence-electron chi connectivity index (χ1n) is 11.6. The summed E-state index contributed by atoms with van der Waals surface area (Å²) >= 11 is 13.0. The number of para-hydroxylation sites is 2. The number of amides is 1. The van der Waals surface area contributed by atoms with E-state index in [0.29, 0.717) is 44.8 Å². The normalized spacial score (nSPS) is 17.7. The smallest absolute Gasteiger partial charge is 0.257 e. The number of rotatable bonds is 4. The van der Waals surface area contributed by atoms with Crippen LogP contribution in [0.25, 0.3) is 22.4 Å². The number of fused-ring (bicyclic) bond motifs is 1. The van der Waals surface area contributed by atoms with Crippen molar-refractivity contribution in [1.82, 2.24) is 14.9 Å². The number of piperazine rings is 1. The summed E-state index contributed by atoms with van der Waals surface area (Å²) in [5.74, 6) is 0.366. The Morgan fingerprint density at radius 1 is 0.973 bits per heavy atom. The lowest BCUT2D eigenvalue weighted by molar-refractivity contribution is 0.102. The number of H-pyrrole nitrogens is 1. The highest BCUT2D eigenvalue weighted by Crippen LogP contribution is 2.31. The van der Waals surface area contributed by atoms with Crippen molar-refractivity contribution in [2.24, 2.45) is 0 Å². The van der Waals surface area contributed by atoms with Gasteiger partial charge in [-0.3, -0.25) is 9.69 Å². The number of carbonyl (C=O) groups excluding carboxylic acids is 1. The molecule has 2 N–H and O–H groups in total. The second kappa shape index (κ2) is 11.9. The predicted octanol–water partition coefficient (Wildman–Crippen LogP) is 7.16. The van der Waals surface area contributed by atoms with Gasteiger partial charge in [-0.05, 0) is 69.4 Å². The fourth-order valence-corrected chi connectivity index (χ4v) is 5.03. The van der Waals surface area contributed by atoms with Crippen molar-refractivity contribution in [3.05, 3.63) is 76.3 Å². The Balaban J connectivity index is 0.00000190. The molecule has 0 unspecified atom stereocenters. The van der Waals surface area contributed by atoms with Gasteiger partial charge in [0.2, 0.25) is 0 Å². The van der Waals surface area contributed by atoms with Gasteiger partial charge in [-0.2, -0.15) is 0 Å². The Labute approximate surface area is 239 Å². The third-order valence-corrected chi connectivity index (χ3v) is 7.43. The fraction of sp³-hybridized carbons (Fsp3) is 0.259. The Hall–Kier alpha value is -2.48. The number of imidazole rings is 1. The lowest BCUT2D eigenvalue weighted by Gasteiger charge is -2.43. The van der Waals surface area contributed by atoms with Crippen molar-refractivity contribution >= 4 is 76.3 Å². The molecule has 6 nitrogen and oxygen atoms in total. The van der Waals surface area contributed by atoms with Gasteiger partial charge in [0.1, 0.15) is 5.82 Å². The van der Waals surface area contributed by atoms with Crippen molar-refractivity contribution in [3.63, 3.8) is 0 Å². The summed E-state index contributed by atoms with van der Waals surface area (Å²) in [5.41, 5.74) is 4.54. The largest absolute Gasteiger partial charge is 0.368 e. The lowest BCUT2D eigenvalue weighted by atomic mass is 10.1. The van der Waals surface area contributed by atoms with Crippen molar-refractivity contribution < 1.29 is 4.79 Å². The van der Waals surface area contributed by atoms with Crippen LogP contribution in [0.3, 0.4) is 0 Å². The van der Waals surface area contributed by atoms with E-state index in [1.165, 1.54) is 0 Å². The van der Waals surface area contributed by atoms with Gasteiger partial charge in [-0.25, -0.2) is 4.98 Å². The van der Waals surface area contributed by atoms with Gasteiger partial charge in [0.25, 0.3) is 5.91 Å². The number of hydrogen-bond donors (Lipinski definition) is 2. The van der Waals surface area contributed by atoms with Gasteiger partial charge < -0.3 is 15.2 Å². The molecule has 1 aliphatic rings. The summed E-state index contributed by atoms with van der Waals surface area (Å²) in [4.78, 5) is 25.7.